The lowest BCUT2D eigenvalue weighted by Crippen LogP contribution is -2.40. The summed E-state index contributed by atoms with van der Waals surface area (Å²) in [5.41, 5.74) is 5.94. The van der Waals surface area contributed by atoms with Gasteiger partial charge in [-0.3, -0.25) is 0 Å². The number of rotatable bonds is 14. The summed E-state index contributed by atoms with van der Waals surface area (Å²) in [5.74, 6) is 4.61. The minimum absolute atomic E-state index is 0.552. The van der Waals surface area contributed by atoms with Crippen molar-refractivity contribution in [2.75, 3.05) is 13.1 Å². The first-order valence-corrected chi connectivity index (χ1v) is 16.4. The van der Waals surface area contributed by atoms with E-state index in [1.54, 1.807) is 0 Å². The molecule has 210 valence electrons. The fraction of sp³-hybridized carbons (Fsp3) is 0.941. The summed E-state index contributed by atoms with van der Waals surface area (Å²) < 4.78 is 0. The molecule has 2 heteroatoms. The SMILES string of the molecule is C=C(CCCCC1CCC([C@@H](C)C[C@H](CC)C2CCCCC2(C)C)C1(C)CCC)NN1CCCCC1. The van der Waals surface area contributed by atoms with E-state index in [1.807, 2.05) is 0 Å². The zero-order valence-corrected chi connectivity index (χ0v) is 25.5. The van der Waals surface area contributed by atoms with Gasteiger partial charge in [-0.25, -0.2) is 5.01 Å². The fourth-order valence-corrected chi connectivity index (χ4v) is 9.35. The van der Waals surface area contributed by atoms with Crippen molar-refractivity contribution in [3.8, 4) is 0 Å². The highest BCUT2D eigenvalue weighted by Crippen LogP contribution is 2.57. The van der Waals surface area contributed by atoms with E-state index in [0.29, 0.717) is 10.8 Å². The minimum Gasteiger partial charge on any atom is -0.324 e. The summed E-state index contributed by atoms with van der Waals surface area (Å²) in [5, 5.41) is 2.39. The van der Waals surface area contributed by atoms with Crippen molar-refractivity contribution < 1.29 is 0 Å². The van der Waals surface area contributed by atoms with Crippen LogP contribution in [0.15, 0.2) is 12.3 Å². The Labute approximate surface area is 226 Å². The van der Waals surface area contributed by atoms with Gasteiger partial charge in [-0.15, -0.1) is 0 Å². The summed E-state index contributed by atoms with van der Waals surface area (Å²) in [6.45, 7) is 22.1. The predicted molar refractivity (Wildman–Crippen MR) is 159 cm³/mol. The molecule has 3 aliphatic rings. The van der Waals surface area contributed by atoms with Crippen LogP contribution in [-0.4, -0.2) is 18.1 Å². The van der Waals surface area contributed by atoms with E-state index >= 15 is 0 Å². The summed E-state index contributed by atoms with van der Waals surface area (Å²) in [6.07, 6.45) is 23.7. The molecule has 0 aromatic rings. The largest absolute Gasteiger partial charge is 0.324 e. The van der Waals surface area contributed by atoms with Gasteiger partial charge >= 0.3 is 0 Å². The van der Waals surface area contributed by atoms with Crippen LogP contribution in [-0.2, 0) is 0 Å². The molecular formula is C34H64N2. The minimum atomic E-state index is 0.552. The number of nitrogens with zero attached hydrogens (tertiary/aromatic N) is 1. The number of nitrogens with one attached hydrogen (secondary N) is 1. The highest BCUT2D eigenvalue weighted by atomic mass is 15.5. The van der Waals surface area contributed by atoms with Gasteiger partial charge in [0.05, 0.1) is 0 Å². The average molecular weight is 501 g/mol. The predicted octanol–water partition coefficient (Wildman–Crippen LogP) is 10.2. The van der Waals surface area contributed by atoms with Gasteiger partial charge in [-0.05, 0) is 111 Å². The third-order valence-corrected chi connectivity index (χ3v) is 11.4. The van der Waals surface area contributed by atoms with E-state index in [1.165, 1.54) is 122 Å². The summed E-state index contributed by atoms with van der Waals surface area (Å²) in [4.78, 5) is 0. The Morgan fingerprint density at radius 3 is 2.36 bits per heavy atom. The van der Waals surface area contributed by atoms with Crippen LogP contribution in [0.2, 0.25) is 0 Å². The van der Waals surface area contributed by atoms with Crippen LogP contribution < -0.4 is 5.43 Å². The first-order chi connectivity index (χ1) is 17.2. The molecule has 0 amide bonds. The van der Waals surface area contributed by atoms with Gasteiger partial charge in [-0.2, -0.15) is 0 Å². The number of hydrogen-bond acceptors (Lipinski definition) is 2. The third kappa shape index (κ3) is 7.77. The maximum absolute atomic E-state index is 4.34. The highest BCUT2D eigenvalue weighted by molar-refractivity contribution is 4.98. The van der Waals surface area contributed by atoms with E-state index < -0.39 is 0 Å². The Morgan fingerprint density at radius 2 is 1.69 bits per heavy atom. The smallest absolute Gasteiger partial charge is 0.0192 e. The van der Waals surface area contributed by atoms with Gasteiger partial charge in [0, 0.05) is 18.8 Å². The summed E-state index contributed by atoms with van der Waals surface area (Å²) in [7, 11) is 0. The van der Waals surface area contributed by atoms with Crippen molar-refractivity contribution >= 4 is 0 Å². The van der Waals surface area contributed by atoms with E-state index in [2.05, 4.69) is 58.6 Å². The Kier molecular flexibility index (Phi) is 11.7. The molecule has 3 fully saturated rings. The normalized spacial score (nSPS) is 32.8. The Hall–Kier alpha value is -0.500. The first kappa shape index (κ1) is 30.0. The molecule has 0 aromatic heterocycles. The molecule has 1 heterocycles. The molecule has 1 N–H and O–H groups in total. The highest BCUT2D eigenvalue weighted by Gasteiger charge is 2.48. The number of unbranched alkanes of at least 4 members (excludes halogenated alkanes) is 1. The molecule has 4 unspecified atom stereocenters. The molecule has 2 nitrogen and oxygen atoms in total. The van der Waals surface area contributed by atoms with Crippen molar-refractivity contribution in [2.24, 2.45) is 40.4 Å². The molecule has 2 saturated carbocycles. The van der Waals surface area contributed by atoms with E-state index in [-0.39, 0.29) is 0 Å². The van der Waals surface area contributed by atoms with Crippen LogP contribution in [0.5, 0.6) is 0 Å². The van der Waals surface area contributed by atoms with E-state index in [0.717, 1.165) is 36.0 Å². The van der Waals surface area contributed by atoms with Crippen LogP contribution in [0, 0.1) is 40.4 Å². The number of hydrazine groups is 1. The topological polar surface area (TPSA) is 15.3 Å². The Bertz CT molecular complexity index is 648. The second kappa shape index (κ2) is 14.0. The maximum atomic E-state index is 4.34. The molecule has 36 heavy (non-hydrogen) atoms. The zero-order valence-electron chi connectivity index (χ0n) is 25.5. The molecule has 1 saturated heterocycles. The van der Waals surface area contributed by atoms with E-state index in [9.17, 15) is 0 Å². The van der Waals surface area contributed by atoms with E-state index in [4.69, 9.17) is 0 Å². The van der Waals surface area contributed by atoms with Crippen LogP contribution in [0.4, 0.5) is 0 Å². The lowest BCUT2D eigenvalue weighted by molar-refractivity contribution is 0.0401. The lowest BCUT2D eigenvalue weighted by atomic mass is 9.59. The molecule has 2 aliphatic carbocycles. The van der Waals surface area contributed by atoms with Crippen molar-refractivity contribution in [1.82, 2.24) is 10.4 Å². The summed E-state index contributed by atoms with van der Waals surface area (Å²) >= 11 is 0. The van der Waals surface area contributed by atoms with Gasteiger partial charge in [-0.1, -0.05) is 86.6 Å². The second-order valence-electron chi connectivity index (χ2n) is 14.4. The molecule has 0 bridgehead atoms. The standard InChI is InChI=1S/C34H64N2/c1-8-22-34(7)30(18-12-11-17-28(4)35-36-24-15-10-16-25-36)20-21-31(34)27(3)26-29(9-2)32-19-13-14-23-33(32,5)6/h27,29-32,35H,4,8-26H2,1-3,5-7H3/t27-,29-,30?,31?,32?,34?/m0/s1. The summed E-state index contributed by atoms with van der Waals surface area (Å²) in [6, 6.07) is 0. The van der Waals surface area contributed by atoms with Crippen molar-refractivity contribution in [2.45, 2.75) is 151 Å². The number of hydrogen-bond donors (Lipinski definition) is 1. The molecule has 1 aliphatic heterocycles. The van der Waals surface area contributed by atoms with Gasteiger partial charge in [0.1, 0.15) is 0 Å². The molecule has 0 spiro atoms. The molecule has 3 rings (SSSR count). The van der Waals surface area contributed by atoms with Crippen molar-refractivity contribution in [3.63, 3.8) is 0 Å². The van der Waals surface area contributed by atoms with Crippen LogP contribution in [0.25, 0.3) is 0 Å². The zero-order chi connectivity index (χ0) is 26.2. The maximum Gasteiger partial charge on any atom is 0.0192 e. The first-order valence-electron chi connectivity index (χ1n) is 16.4. The van der Waals surface area contributed by atoms with Crippen molar-refractivity contribution in [1.29, 1.82) is 0 Å². The molecule has 0 aromatic carbocycles. The van der Waals surface area contributed by atoms with Crippen LogP contribution in [0.1, 0.15) is 151 Å². The van der Waals surface area contributed by atoms with Crippen LogP contribution >= 0.6 is 0 Å². The Morgan fingerprint density at radius 1 is 0.944 bits per heavy atom. The quantitative estimate of drug-likeness (QED) is 0.239. The van der Waals surface area contributed by atoms with Gasteiger partial charge in [0.2, 0.25) is 0 Å². The number of allylic oxidation sites excluding steroid dienone is 1. The van der Waals surface area contributed by atoms with Crippen LogP contribution in [0.3, 0.4) is 0 Å². The Balaban J connectivity index is 1.50. The third-order valence-electron chi connectivity index (χ3n) is 11.4. The molecule has 0 radical (unpaired) electrons. The average Bonchev–Trinajstić information content (AvgIpc) is 3.16. The lowest BCUT2D eigenvalue weighted by Gasteiger charge is -2.46. The second-order valence-corrected chi connectivity index (χ2v) is 14.4. The fourth-order valence-electron chi connectivity index (χ4n) is 9.35. The van der Waals surface area contributed by atoms with Gasteiger partial charge in [0.15, 0.2) is 0 Å². The monoisotopic (exact) mass is 501 g/mol. The molecular weight excluding hydrogens is 436 g/mol. The van der Waals surface area contributed by atoms with Gasteiger partial charge in [0.25, 0.3) is 0 Å². The number of piperidine rings is 1. The van der Waals surface area contributed by atoms with Crippen molar-refractivity contribution in [3.05, 3.63) is 12.3 Å². The molecule has 6 atom stereocenters. The van der Waals surface area contributed by atoms with Gasteiger partial charge < -0.3 is 5.43 Å².